The Hall–Kier alpha value is -4.28. The van der Waals surface area contributed by atoms with Crippen LogP contribution in [0.4, 0.5) is 13.2 Å². The van der Waals surface area contributed by atoms with Crippen LogP contribution < -0.4 is 5.32 Å². The van der Waals surface area contributed by atoms with E-state index in [1.807, 2.05) is 10.8 Å². The first-order valence-electron chi connectivity index (χ1n) is 18.9. The number of carbonyl (C=O) groups excluding carboxylic acids is 3. The molecule has 0 radical (unpaired) electrons. The Morgan fingerprint density at radius 2 is 1.34 bits per heavy atom. The summed E-state index contributed by atoms with van der Waals surface area (Å²) in [6.45, 7) is 3.99. The molecule has 4 fully saturated rings. The molecule has 3 aromatic carbocycles. The summed E-state index contributed by atoms with van der Waals surface area (Å²) < 4.78 is 42.9. The van der Waals surface area contributed by atoms with Gasteiger partial charge in [0.15, 0.2) is 0 Å². The number of hydrogen-bond donors (Lipinski definition) is 2. The van der Waals surface area contributed by atoms with E-state index in [4.69, 9.17) is 0 Å². The van der Waals surface area contributed by atoms with Gasteiger partial charge in [-0.1, -0.05) is 42.8 Å². The summed E-state index contributed by atoms with van der Waals surface area (Å²) in [6, 6.07) is 16.1. The summed E-state index contributed by atoms with van der Waals surface area (Å²) in [5.74, 6) is 0.987. The van der Waals surface area contributed by atoms with Gasteiger partial charge in [0.05, 0.1) is 17.7 Å². The van der Waals surface area contributed by atoms with E-state index in [-0.39, 0.29) is 31.2 Å². The minimum Gasteiger partial charge on any atom is -0.391 e. The Bertz CT molecular complexity index is 1690. The number of hydrogen-bond acceptors (Lipinski definition) is 6. The van der Waals surface area contributed by atoms with E-state index in [9.17, 15) is 32.7 Å². The molecule has 7 rings (SSSR count). The predicted octanol–water partition coefficient (Wildman–Crippen LogP) is 5.21. The molecule has 1 aliphatic carbocycles. The lowest BCUT2D eigenvalue weighted by Crippen LogP contribution is -2.55. The zero-order valence-corrected chi connectivity index (χ0v) is 29.9. The second-order valence-corrected chi connectivity index (χ2v) is 15.3. The molecule has 53 heavy (non-hydrogen) atoms. The molecule has 8 nitrogen and oxygen atoms in total. The smallest absolute Gasteiger partial charge is 0.242 e. The fraction of sp³-hybridized carbons (Fsp3) is 0.476. The summed E-state index contributed by atoms with van der Waals surface area (Å²) in [4.78, 5) is 46.7. The van der Waals surface area contributed by atoms with Crippen LogP contribution in [0, 0.1) is 29.3 Å². The monoisotopic (exact) mass is 728 g/mol. The van der Waals surface area contributed by atoms with Crippen molar-refractivity contribution >= 4 is 17.8 Å². The largest absolute Gasteiger partial charge is 0.391 e. The summed E-state index contributed by atoms with van der Waals surface area (Å²) in [7, 11) is 0. The molecular formula is C42H47F3N4O4. The number of aliphatic hydroxyl groups is 1. The van der Waals surface area contributed by atoms with Crippen LogP contribution in [0.1, 0.15) is 68.1 Å². The first-order valence-corrected chi connectivity index (χ1v) is 18.9. The molecule has 0 aromatic heterocycles. The average molecular weight is 729 g/mol. The minimum absolute atomic E-state index is 0.0137. The molecule has 0 spiro atoms. The molecule has 2 amide bonds. The number of likely N-dealkylation sites (tertiary alicyclic amines) is 3. The first kappa shape index (κ1) is 37.1. The van der Waals surface area contributed by atoms with Crippen molar-refractivity contribution < 1.29 is 32.7 Å². The molecule has 0 bridgehead atoms. The molecule has 3 aliphatic heterocycles. The van der Waals surface area contributed by atoms with Crippen LogP contribution in [0.2, 0.25) is 0 Å². The molecule has 11 heteroatoms. The van der Waals surface area contributed by atoms with E-state index >= 15 is 0 Å². The zero-order chi connectivity index (χ0) is 37.1. The Morgan fingerprint density at radius 1 is 0.792 bits per heavy atom. The van der Waals surface area contributed by atoms with Crippen LogP contribution in [0.3, 0.4) is 0 Å². The third-order valence-corrected chi connectivity index (χ3v) is 12.1. The van der Waals surface area contributed by atoms with E-state index < -0.39 is 41.2 Å². The van der Waals surface area contributed by atoms with Gasteiger partial charge in [0.2, 0.25) is 11.8 Å². The molecule has 3 heterocycles. The molecule has 3 saturated heterocycles. The highest BCUT2D eigenvalue weighted by Crippen LogP contribution is 2.44. The molecule has 3 atom stereocenters. The number of benzene rings is 3. The number of halogens is 3. The molecule has 3 aromatic rings. The molecule has 2 N–H and O–H groups in total. The minimum atomic E-state index is -1.31. The van der Waals surface area contributed by atoms with Gasteiger partial charge in [-0.05, 0) is 110 Å². The lowest BCUT2D eigenvalue weighted by atomic mass is 9.67. The predicted molar refractivity (Wildman–Crippen MR) is 194 cm³/mol. The normalized spacial score (nSPS) is 23.2. The molecule has 1 saturated carbocycles. The van der Waals surface area contributed by atoms with Crippen molar-refractivity contribution in [1.29, 1.82) is 0 Å². The van der Waals surface area contributed by atoms with E-state index in [2.05, 4.69) is 10.2 Å². The molecule has 4 aliphatic rings. The zero-order valence-electron chi connectivity index (χ0n) is 29.9. The van der Waals surface area contributed by atoms with Gasteiger partial charge in [-0.15, -0.1) is 0 Å². The van der Waals surface area contributed by atoms with Gasteiger partial charge in [0.25, 0.3) is 0 Å². The van der Waals surface area contributed by atoms with Crippen LogP contribution in [0.15, 0.2) is 78.4 Å². The fourth-order valence-corrected chi connectivity index (χ4v) is 8.92. The van der Waals surface area contributed by atoms with Crippen LogP contribution in [0.25, 0.3) is 0 Å². The van der Waals surface area contributed by atoms with Gasteiger partial charge in [0.1, 0.15) is 29.4 Å². The number of β-amino-alcohol motifs (C(OH)–C–C–N with tert-alkyl or cyclic N) is 1. The fourth-order valence-electron chi connectivity index (χ4n) is 8.92. The van der Waals surface area contributed by atoms with Crippen LogP contribution in [0.5, 0.6) is 0 Å². The standard InChI is InChI=1S/C42H47F3N4O4/c43-34-10-4-31(5-11-34)42(32-6-12-35(44)13-7-32,33-8-14-36(45)15-9-33)23-39(52)49-26-37(51)22-38(49)48-21-18-30(27-50)40(48)41(53)46-24-28-16-19-47(20-17-28)25-29-2-1-3-29/h4-15,28-29,37-38,40,51H,1-3,16-26H2,(H,46,53)/t37-,38+,40-/m1/s1. The van der Waals surface area contributed by atoms with Crippen molar-refractivity contribution in [2.45, 2.75) is 75.1 Å². The van der Waals surface area contributed by atoms with Gasteiger partial charge in [0, 0.05) is 44.6 Å². The number of nitrogens with zero attached hydrogens (tertiary/aromatic N) is 3. The Kier molecular flexibility index (Phi) is 11.2. The number of aliphatic hydroxyl groups excluding tert-OH is 1. The van der Waals surface area contributed by atoms with Gasteiger partial charge in [-0.3, -0.25) is 14.5 Å². The maximum absolute atomic E-state index is 14.7. The second kappa shape index (κ2) is 16.0. The molecule has 280 valence electrons. The third kappa shape index (κ3) is 7.85. The van der Waals surface area contributed by atoms with E-state index in [1.165, 1.54) is 55.7 Å². The highest BCUT2D eigenvalue weighted by atomic mass is 19.1. The number of nitrogens with one attached hydrogen (secondary N) is 1. The number of rotatable bonds is 11. The lowest BCUT2D eigenvalue weighted by Gasteiger charge is -2.40. The Balaban J connectivity index is 1.13. The van der Waals surface area contributed by atoms with Gasteiger partial charge < -0.3 is 20.2 Å². The van der Waals surface area contributed by atoms with Crippen molar-refractivity contribution in [3.8, 4) is 0 Å². The topological polar surface area (TPSA) is 93.2 Å². The number of carbonyl (C=O) groups is 2. The van der Waals surface area contributed by atoms with Crippen molar-refractivity contribution in [3.63, 3.8) is 0 Å². The Morgan fingerprint density at radius 3 is 1.83 bits per heavy atom. The van der Waals surface area contributed by atoms with Crippen LogP contribution in [-0.4, -0.2) is 95.1 Å². The SMILES string of the molecule is O=C=C1CCN([C@@H]2C[C@@H](O)CN2C(=O)CC(c2ccc(F)cc2)(c2ccc(F)cc2)c2ccc(F)cc2)[C@H]1C(=O)NCC1CCN(CC2CCC2)CC1. The highest BCUT2D eigenvalue weighted by molar-refractivity contribution is 5.88. The highest BCUT2D eigenvalue weighted by Gasteiger charge is 2.48. The van der Waals surface area contributed by atoms with E-state index in [1.54, 1.807) is 41.3 Å². The van der Waals surface area contributed by atoms with Crippen LogP contribution >= 0.6 is 0 Å². The molecule has 0 unspecified atom stereocenters. The number of piperidine rings is 1. The van der Waals surface area contributed by atoms with Crippen molar-refractivity contribution in [2.24, 2.45) is 11.8 Å². The summed E-state index contributed by atoms with van der Waals surface area (Å²) >= 11 is 0. The molecular weight excluding hydrogens is 681 g/mol. The van der Waals surface area contributed by atoms with Gasteiger partial charge in [-0.2, -0.15) is 0 Å². The van der Waals surface area contributed by atoms with Crippen LogP contribution in [-0.2, 0) is 19.8 Å². The van der Waals surface area contributed by atoms with Crippen molar-refractivity contribution in [2.75, 3.05) is 39.3 Å². The lowest BCUT2D eigenvalue weighted by molar-refractivity contribution is -0.139. The third-order valence-electron chi connectivity index (χ3n) is 12.1. The summed E-state index contributed by atoms with van der Waals surface area (Å²) in [6.07, 6.45) is 4.59. The first-order chi connectivity index (χ1) is 25.6. The maximum atomic E-state index is 14.7. The van der Waals surface area contributed by atoms with Crippen molar-refractivity contribution in [1.82, 2.24) is 20.0 Å². The number of amides is 2. The summed E-state index contributed by atoms with van der Waals surface area (Å²) in [5, 5.41) is 14.1. The van der Waals surface area contributed by atoms with Gasteiger partial charge >= 0.3 is 0 Å². The second-order valence-electron chi connectivity index (χ2n) is 15.3. The maximum Gasteiger partial charge on any atom is 0.242 e. The van der Waals surface area contributed by atoms with Crippen molar-refractivity contribution in [3.05, 3.63) is 113 Å². The van der Waals surface area contributed by atoms with Gasteiger partial charge in [-0.25, -0.2) is 18.0 Å². The Labute approximate surface area is 308 Å². The van der Waals surface area contributed by atoms with E-state index in [0.717, 1.165) is 38.4 Å². The summed E-state index contributed by atoms with van der Waals surface area (Å²) in [5.41, 5.74) is 0.582. The average Bonchev–Trinajstić information content (AvgIpc) is 3.76. The van der Waals surface area contributed by atoms with E-state index in [0.29, 0.717) is 47.7 Å². The quantitative estimate of drug-likeness (QED) is 0.208.